The Balaban J connectivity index is 1.50. The van der Waals surface area contributed by atoms with Gasteiger partial charge < -0.3 is 4.74 Å². The molecule has 0 saturated carbocycles. The van der Waals surface area contributed by atoms with Crippen LogP contribution in [0.2, 0.25) is 0 Å². The second-order valence-corrected chi connectivity index (χ2v) is 6.42. The molecule has 0 fully saturated rings. The highest BCUT2D eigenvalue weighted by Crippen LogP contribution is 2.23. The molecule has 0 atom stereocenters. The van der Waals surface area contributed by atoms with E-state index in [-0.39, 0.29) is 5.82 Å². The number of hydrogen-bond donors (Lipinski definition) is 0. The van der Waals surface area contributed by atoms with Gasteiger partial charge in [-0.3, -0.25) is 9.58 Å². The summed E-state index contributed by atoms with van der Waals surface area (Å²) in [5.41, 5.74) is 4.32. The van der Waals surface area contributed by atoms with Gasteiger partial charge in [-0.1, -0.05) is 36.4 Å². The third-order valence-electron chi connectivity index (χ3n) is 4.33. The van der Waals surface area contributed by atoms with Gasteiger partial charge in [-0.25, -0.2) is 4.39 Å². The molecule has 0 aliphatic rings. The fourth-order valence-electron chi connectivity index (χ4n) is 2.96. The van der Waals surface area contributed by atoms with Gasteiger partial charge in [-0.2, -0.15) is 5.10 Å². The molecule has 136 valence electrons. The van der Waals surface area contributed by atoms with Gasteiger partial charge in [-0.05, 0) is 36.4 Å². The summed E-state index contributed by atoms with van der Waals surface area (Å²) in [4.78, 5) is 2.13. The topological polar surface area (TPSA) is 30.3 Å². The Kier molecular flexibility index (Phi) is 6.15. The van der Waals surface area contributed by atoms with Crippen LogP contribution in [0.25, 0.3) is 11.3 Å². The molecule has 0 bridgehead atoms. The summed E-state index contributed by atoms with van der Waals surface area (Å²) >= 11 is 0. The highest BCUT2D eigenvalue weighted by molar-refractivity contribution is 5.63. The lowest BCUT2D eigenvalue weighted by Gasteiger charge is -2.17. The van der Waals surface area contributed by atoms with Gasteiger partial charge >= 0.3 is 0 Å². The predicted molar refractivity (Wildman–Crippen MR) is 101 cm³/mol. The van der Waals surface area contributed by atoms with Gasteiger partial charge in [0.05, 0.1) is 18.9 Å². The second kappa shape index (κ2) is 8.74. The first-order valence-corrected chi connectivity index (χ1v) is 8.70. The molecule has 1 aromatic heterocycles. The van der Waals surface area contributed by atoms with E-state index in [1.807, 2.05) is 43.0 Å². The van der Waals surface area contributed by atoms with E-state index in [1.165, 1.54) is 6.07 Å². The third kappa shape index (κ3) is 4.77. The lowest BCUT2D eigenvalue weighted by Crippen LogP contribution is -2.22. The molecular formula is C21H24FN3O. The summed E-state index contributed by atoms with van der Waals surface area (Å²) in [6.07, 6.45) is 1.80. The normalized spacial score (nSPS) is 11.2. The molecule has 0 aliphatic heterocycles. The molecule has 3 rings (SSSR count). The largest absolute Gasteiger partial charge is 0.375 e. The molecule has 0 aliphatic carbocycles. The summed E-state index contributed by atoms with van der Waals surface area (Å²) < 4.78 is 21.0. The van der Waals surface area contributed by atoms with E-state index in [0.717, 1.165) is 28.9 Å². The Bertz CT molecular complexity index is 847. The number of aryl methyl sites for hydroxylation is 1. The summed E-state index contributed by atoms with van der Waals surface area (Å²) in [7, 11) is 3.95. The number of likely N-dealkylation sites (N-methyl/N-ethyl adjacent to an activating group) is 1. The average molecular weight is 353 g/mol. The lowest BCUT2D eigenvalue weighted by atomic mass is 10.1. The fourth-order valence-corrected chi connectivity index (χ4v) is 2.96. The standard InChI is InChI=1S/C21H24FN3O/c1-24(15-17-6-5-8-19(22)14-17)12-13-26-16-18-7-3-4-9-20(18)21-10-11-23-25(21)2/h3-11,14H,12-13,15-16H2,1-2H3. The van der Waals surface area contributed by atoms with E-state index in [0.29, 0.717) is 19.8 Å². The molecule has 3 aromatic rings. The molecule has 0 N–H and O–H groups in total. The first-order valence-electron chi connectivity index (χ1n) is 8.70. The third-order valence-corrected chi connectivity index (χ3v) is 4.33. The van der Waals surface area contributed by atoms with E-state index in [2.05, 4.69) is 22.1 Å². The lowest BCUT2D eigenvalue weighted by molar-refractivity contribution is 0.0982. The van der Waals surface area contributed by atoms with Gasteiger partial charge in [0.1, 0.15) is 5.82 Å². The fraction of sp³-hybridized carbons (Fsp3) is 0.286. The Morgan fingerprint density at radius 3 is 2.73 bits per heavy atom. The van der Waals surface area contributed by atoms with Crippen molar-refractivity contribution in [3.05, 3.63) is 77.7 Å². The molecule has 26 heavy (non-hydrogen) atoms. The maximum atomic E-state index is 13.2. The van der Waals surface area contributed by atoms with Gasteiger partial charge in [-0.15, -0.1) is 0 Å². The van der Waals surface area contributed by atoms with Crippen molar-refractivity contribution >= 4 is 0 Å². The molecular weight excluding hydrogens is 329 g/mol. The number of benzene rings is 2. The van der Waals surface area contributed by atoms with Crippen LogP contribution in [0.5, 0.6) is 0 Å². The SMILES string of the molecule is CN(CCOCc1ccccc1-c1ccnn1C)Cc1cccc(F)c1. The second-order valence-electron chi connectivity index (χ2n) is 6.42. The van der Waals surface area contributed by atoms with E-state index >= 15 is 0 Å². The monoisotopic (exact) mass is 353 g/mol. The minimum Gasteiger partial charge on any atom is -0.375 e. The number of nitrogens with zero attached hydrogens (tertiary/aromatic N) is 3. The number of aromatic nitrogens is 2. The van der Waals surface area contributed by atoms with E-state index in [9.17, 15) is 4.39 Å². The number of hydrogen-bond acceptors (Lipinski definition) is 3. The Hall–Kier alpha value is -2.50. The smallest absolute Gasteiger partial charge is 0.123 e. The number of rotatable bonds is 8. The number of halogens is 1. The molecule has 0 unspecified atom stereocenters. The minimum atomic E-state index is -0.195. The molecule has 1 heterocycles. The highest BCUT2D eigenvalue weighted by atomic mass is 19.1. The summed E-state index contributed by atoms with van der Waals surface area (Å²) in [6.45, 7) is 2.65. The van der Waals surface area contributed by atoms with Crippen molar-refractivity contribution in [1.29, 1.82) is 0 Å². The molecule has 0 saturated heterocycles. The molecule has 0 spiro atoms. The average Bonchev–Trinajstić information content (AvgIpc) is 3.05. The highest BCUT2D eigenvalue weighted by Gasteiger charge is 2.08. The van der Waals surface area contributed by atoms with Crippen molar-refractivity contribution in [2.45, 2.75) is 13.2 Å². The predicted octanol–water partition coefficient (Wildman–Crippen LogP) is 3.87. The van der Waals surface area contributed by atoms with Crippen LogP contribution in [0.1, 0.15) is 11.1 Å². The quantitative estimate of drug-likeness (QED) is 0.576. The zero-order valence-electron chi connectivity index (χ0n) is 15.2. The first kappa shape index (κ1) is 18.3. The van der Waals surface area contributed by atoms with E-state index < -0.39 is 0 Å². The van der Waals surface area contributed by atoms with Crippen molar-refractivity contribution < 1.29 is 9.13 Å². The van der Waals surface area contributed by atoms with Crippen LogP contribution in [-0.4, -0.2) is 34.9 Å². The van der Waals surface area contributed by atoms with Crippen molar-refractivity contribution in [2.75, 3.05) is 20.2 Å². The number of ether oxygens (including phenoxy) is 1. The van der Waals surface area contributed by atoms with E-state index in [1.54, 1.807) is 18.3 Å². The van der Waals surface area contributed by atoms with Crippen LogP contribution in [0, 0.1) is 5.82 Å². The van der Waals surface area contributed by atoms with Gasteiger partial charge in [0, 0.05) is 31.9 Å². The van der Waals surface area contributed by atoms with Crippen LogP contribution in [0.15, 0.2) is 60.8 Å². The van der Waals surface area contributed by atoms with Crippen LogP contribution >= 0.6 is 0 Å². The summed E-state index contributed by atoms with van der Waals surface area (Å²) in [5.74, 6) is -0.195. The molecule has 0 radical (unpaired) electrons. The maximum absolute atomic E-state index is 13.2. The van der Waals surface area contributed by atoms with Crippen molar-refractivity contribution in [2.24, 2.45) is 7.05 Å². The maximum Gasteiger partial charge on any atom is 0.123 e. The Morgan fingerprint density at radius 1 is 1.12 bits per heavy atom. The zero-order chi connectivity index (χ0) is 18.4. The molecule has 0 amide bonds. The van der Waals surface area contributed by atoms with Crippen molar-refractivity contribution in [3.63, 3.8) is 0 Å². The molecule has 5 heteroatoms. The van der Waals surface area contributed by atoms with Gasteiger partial charge in [0.2, 0.25) is 0 Å². The van der Waals surface area contributed by atoms with Gasteiger partial charge in [0.15, 0.2) is 0 Å². The first-order chi connectivity index (χ1) is 12.6. The van der Waals surface area contributed by atoms with Crippen molar-refractivity contribution in [3.8, 4) is 11.3 Å². The Morgan fingerprint density at radius 2 is 1.96 bits per heavy atom. The van der Waals surface area contributed by atoms with Crippen LogP contribution in [0.4, 0.5) is 4.39 Å². The van der Waals surface area contributed by atoms with E-state index in [4.69, 9.17) is 4.74 Å². The molecule has 2 aromatic carbocycles. The van der Waals surface area contributed by atoms with Crippen LogP contribution in [-0.2, 0) is 24.9 Å². The van der Waals surface area contributed by atoms with Crippen molar-refractivity contribution in [1.82, 2.24) is 14.7 Å². The minimum absolute atomic E-state index is 0.195. The van der Waals surface area contributed by atoms with Crippen LogP contribution in [0.3, 0.4) is 0 Å². The Labute approximate surface area is 153 Å². The van der Waals surface area contributed by atoms with Crippen LogP contribution < -0.4 is 0 Å². The molecule has 4 nitrogen and oxygen atoms in total. The summed E-state index contributed by atoms with van der Waals surface area (Å²) in [5, 5.41) is 4.24. The zero-order valence-corrected chi connectivity index (χ0v) is 15.2. The van der Waals surface area contributed by atoms with Gasteiger partial charge in [0.25, 0.3) is 0 Å². The summed E-state index contributed by atoms with van der Waals surface area (Å²) in [6, 6.07) is 16.9.